The van der Waals surface area contributed by atoms with E-state index < -0.39 is 38.0 Å². The lowest BCUT2D eigenvalue weighted by molar-refractivity contribution is 0.442. The quantitative estimate of drug-likeness (QED) is 0.136. The largest absolute Gasteiger partial charge is 0.744 e. The van der Waals surface area contributed by atoms with Crippen molar-refractivity contribution in [1.82, 2.24) is 0 Å². The Balaban J connectivity index is 1.58. The third-order valence-electron chi connectivity index (χ3n) is 10.2. The summed E-state index contributed by atoms with van der Waals surface area (Å²) in [5.74, 6) is -4.45. The lowest BCUT2D eigenvalue weighted by Gasteiger charge is -2.43. The van der Waals surface area contributed by atoms with Crippen molar-refractivity contribution in [1.29, 1.82) is 0 Å². The van der Waals surface area contributed by atoms with Crippen LogP contribution in [0.5, 0.6) is 11.5 Å². The number of nitrogens with zero attached hydrogens (tertiary/aromatic N) is 1. The van der Waals surface area contributed by atoms with Crippen LogP contribution in [0.1, 0.15) is 55.5 Å². The molecule has 0 unspecified atom stereocenters. The van der Waals surface area contributed by atoms with Crippen LogP contribution in [0.15, 0.2) is 58.1 Å². The molecule has 2 aliphatic heterocycles. The van der Waals surface area contributed by atoms with Gasteiger partial charge in [-0.3, -0.25) is 0 Å². The fourth-order valence-electron chi connectivity index (χ4n) is 7.27. The van der Waals surface area contributed by atoms with Crippen LogP contribution in [0.3, 0.4) is 0 Å². The fourth-order valence-corrected chi connectivity index (χ4v) is 10.2. The first kappa shape index (κ1) is 30.4. The van der Waals surface area contributed by atoms with E-state index in [0.717, 1.165) is 48.5 Å². The molecule has 3 aromatic carbocycles. The average Bonchev–Trinajstić information content (AvgIpc) is 3.70. The van der Waals surface area contributed by atoms with Crippen LogP contribution in [0.2, 0.25) is 0 Å². The minimum atomic E-state index is -5.62. The second kappa shape index (κ2) is 9.59. The molecule has 3 aliphatic rings. The Morgan fingerprint density at radius 1 is 0.787 bits per heavy atom. The third kappa shape index (κ3) is 4.00. The number of hydrogen-bond acceptors (Lipinski definition) is 7. The van der Waals surface area contributed by atoms with Gasteiger partial charge in [-0.15, -0.1) is 22.7 Å². The van der Waals surface area contributed by atoms with Gasteiger partial charge in [-0.1, -0.05) is 19.4 Å². The molecule has 0 saturated carbocycles. The van der Waals surface area contributed by atoms with Crippen molar-refractivity contribution in [3.05, 3.63) is 102 Å². The summed E-state index contributed by atoms with van der Waals surface area (Å²) in [6.07, 6.45) is 0. The van der Waals surface area contributed by atoms with Gasteiger partial charge in [0.25, 0.3) is 0 Å². The minimum absolute atomic E-state index is 0.0950. The monoisotopic (exact) mass is 690 g/mol. The number of hydrogen-bond donors (Lipinski definition) is 0. The van der Waals surface area contributed by atoms with Gasteiger partial charge in [0, 0.05) is 73.1 Å². The molecule has 1 aliphatic carbocycles. The molecular formula is C36H27F3NO4S3-. The standard InChI is InChI=1S/C36H28F3NO4S3/c1-16-19-13-27-22(11-20(19)17-7-9-45-33(17)35(16,2)3)29(30-31(39)24(37)14-25(38)32(30)47(41,42)43)23-12-21-18-8-10-46-34(18)36(4,5)40(6)26(21)15-28(23)44-27/h7-15H,1-6H3,(H,41,42,43)/p-1. The zero-order valence-corrected chi connectivity index (χ0v) is 28.6. The SMILES string of the molecule is CC1=c2cc3c(cc2-c2ccsc2C1(C)C)=C(c1c(F)c(F)cc(F)c1S(=O)(=O)[O-])c1cc2c(cc1O3)N(C)C(C)(C)c1sccc1-2. The van der Waals surface area contributed by atoms with Crippen molar-refractivity contribution in [2.24, 2.45) is 0 Å². The lowest BCUT2D eigenvalue weighted by Crippen LogP contribution is -2.40. The second-order valence-electron chi connectivity index (χ2n) is 13.2. The molecule has 8 rings (SSSR count). The maximum Gasteiger partial charge on any atom is 0.168 e. The van der Waals surface area contributed by atoms with E-state index >= 15 is 13.2 Å². The average molecular weight is 691 g/mol. The van der Waals surface area contributed by atoms with Crippen LogP contribution in [0.4, 0.5) is 18.9 Å². The summed E-state index contributed by atoms with van der Waals surface area (Å²) >= 11 is 3.19. The topological polar surface area (TPSA) is 69.7 Å². The molecule has 47 heavy (non-hydrogen) atoms. The van der Waals surface area contributed by atoms with Crippen molar-refractivity contribution in [2.45, 2.75) is 50.5 Å². The highest BCUT2D eigenvalue weighted by Gasteiger charge is 2.40. The normalized spacial score (nSPS) is 16.9. The predicted octanol–water partition coefficient (Wildman–Crippen LogP) is 7.96. The molecule has 5 nitrogen and oxygen atoms in total. The van der Waals surface area contributed by atoms with Crippen molar-refractivity contribution < 1.29 is 30.9 Å². The summed E-state index contributed by atoms with van der Waals surface area (Å²) in [5.41, 5.74) is 3.66. The minimum Gasteiger partial charge on any atom is -0.744 e. The van der Waals surface area contributed by atoms with E-state index in [-0.39, 0.29) is 44.9 Å². The van der Waals surface area contributed by atoms with E-state index in [9.17, 15) is 13.0 Å². The number of fused-ring (bicyclic) bond motifs is 8. The highest BCUT2D eigenvalue weighted by Crippen LogP contribution is 2.53. The molecule has 0 atom stereocenters. The molecular weight excluding hydrogens is 664 g/mol. The van der Waals surface area contributed by atoms with Crippen LogP contribution in [-0.4, -0.2) is 20.0 Å². The molecule has 11 heteroatoms. The van der Waals surface area contributed by atoms with Gasteiger partial charge in [0.2, 0.25) is 0 Å². The molecule has 0 spiro atoms. The van der Waals surface area contributed by atoms with Crippen molar-refractivity contribution in [3.63, 3.8) is 0 Å². The maximum atomic E-state index is 16.1. The van der Waals surface area contributed by atoms with Gasteiger partial charge in [0.15, 0.2) is 11.6 Å². The van der Waals surface area contributed by atoms with E-state index in [1.165, 1.54) is 0 Å². The molecule has 0 bridgehead atoms. The Bertz CT molecular complexity index is 2490. The number of halogens is 3. The highest BCUT2D eigenvalue weighted by atomic mass is 32.2. The van der Waals surface area contributed by atoms with Gasteiger partial charge in [-0.05, 0) is 78.2 Å². The third-order valence-corrected chi connectivity index (χ3v) is 13.5. The van der Waals surface area contributed by atoms with Crippen molar-refractivity contribution >= 4 is 49.6 Å². The zero-order valence-electron chi connectivity index (χ0n) is 26.1. The fraction of sp³-hybridized carbons (Fsp3) is 0.222. The van der Waals surface area contributed by atoms with E-state index in [1.54, 1.807) is 40.9 Å². The van der Waals surface area contributed by atoms with Gasteiger partial charge in [0.1, 0.15) is 32.3 Å². The molecule has 2 aromatic heterocycles. The number of benzene rings is 3. The molecule has 0 N–H and O–H groups in total. The zero-order chi connectivity index (χ0) is 33.5. The molecule has 0 radical (unpaired) electrons. The smallest absolute Gasteiger partial charge is 0.168 e. The maximum absolute atomic E-state index is 16.1. The van der Waals surface area contributed by atoms with Crippen LogP contribution < -0.4 is 20.1 Å². The van der Waals surface area contributed by atoms with Crippen LogP contribution in [0, 0.1) is 17.5 Å². The molecule has 240 valence electrons. The van der Waals surface area contributed by atoms with Crippen molar-refractivity contribution in [2.75, 3.05) is 11.9 Å². The Kier molecular flexibility index (Phi) is 6.21. The summed E-state index contributed by atoms with van der Waals surface area (Å²) in [6.45, 7) is 10.5. The van der Waals surface area contributed by atoms with Gasteiger partial charge < -0.3 is 14.2 Å². The van der Waals surface area contributed by atoms with Gasteiger partial charge in [-0.2, -0.15) is 0 Å². The first-order valence-electron chi connectivity index (χ1n) is 14.8. The second-order valence-corrected chi connectivity index (χ2v) is 16.4. The highest BCUT2D eigenvalue weighted by molar-refractivity contribution is 7.85. The van der Waals surface area contributed by atoms with Gasteiger partial charge in [-0.25, -0.2) is 21.6 Å². The number of ether oxygens (including phenoxy) is 1. The predicted molar refractivity (Wildman–Crippen MR) is 178 cm³/mol. The lowest BCUT2D eigenvalue weighted by atomic mass is 9.74. The Morgan fingerprint density at radius 2 is 1.45 bits per heavy atom. The molecule has 0 saturated heterocycles. The first-order valence-corrected chi connectivity index (χ1v) is 18.0. The van der Waals surface area contributed by atoms with E-state index in [2.05, 4.69) is 32.6 Å². The summed E-state index contributed by atoms with van der Waals surface area (Å²) < 4.78 is 91.0. The van der Waals surface area contributed by atoms with E-state index in [0.29, 0.717) is 0 Å². The summed E-state index contributed by atoms with van der Waals surface area (Å²) in [4.78, 5) is 2.83. The summed E-state index contributed by atoms with van der Waals surface area (Å²) in [6, 6.07) is 11.1. The van der Waals surface area contributed by atoms with Crippen LogP contribution in [0.25, 0.3) is 33.4 Å². The summed E-state index contributed by atoms with van der Waals surface area (Å²) in [7, 11) is -3.67. The first-order chi connectivity index (χ1) is 22.0. The van der Waals surface area contributed by atoms with E-state index in [4.69, 9.17) is 4.74 Å². The number of rotatable bonds is 2. The van der Waals surface area contributed by atoms with Crippen LogP contribution >= 0.6 is 22.7 Å². The number of anilines is 1. The Hall–Kier alpha value is -3.90. The van der Waals surface area contributed by atoms with E-state index in [1.807, 2.05) is 42.9 Å². The molecule has 0 fully saturated rings. The molecule has 4 heterocycles. The molecule has 0 amide bonds. The molecule has 5 aromatic rings. The Morgan fingerprint density at radius 3 is 2.13 bits per heavy atom. The van der Waals surface area contributed by atoms with Crippen LogP contribution in [-0.2, 0) is 21.1 Å². The number of thiophene rings is 2. The Labute approximate surface area is 277 Å². The van der Waals surface area contributed by atoms with Gasteiger partial charge >= 0.3 is 0 Å². The van der Waals surface area contributed by atoms with Gasteiger partial charge in [0.05, 0.1) is 5.54 Å². The van der Waals surface area contributed by atoms with Crippen molar-refractivity contribution in [3.8, 4) is 33.8 Å². The summed E-state index contributed by atoms with van der Waals surface area (Å²) in [5, 5.41) is 5.05.